The van der Waals surface area contributed by atoms with Crippen LogP contribution in [-0.4, -0.2) is 5.78 Å². The predicted molar refractivity (Wildman–Crippen MR) is 66.0 cm³/mol. The minimum absolute atomic E-state index is 0.0891. The van der Waals surface area contributed by atoms with Gasteiger partial charge in [0.05, 0.1) is 10.6 Å². The van der Waals surface area contributed by atoms with E-state index >= 15 is 0 Å². The number of carbonyl (C=O) groups excluding carboxylic acids is 1. The maximum atomic E-state index is 13.5. The molecule has 0 N–H and O–H groups in total. The van der Waals surface area contributed by atoms with Gasteiger partial charge in [0.1, 0.15) is 11.6 Å². The highest BCUT2D eigenvalue weighted by atomic mass is 35.5. The number of halogens is 3. The maximum absolute atomic E-state index is 13.5. The van der Waals surface area contributed by atoms with E-state index in [1.165, 1.54) is 12.1 Å². The summed E-state index contributed by atoms with van der Waals surface area (Å²) < 4.78 is 27.0. The molecule has 2 rings (SSSR count). The molecule has 0 radical (unpaired) electrons. The van der Waals surface area contributed by atoms with Crippen LogP contribution in [0.3, 0.4) is 0 Å². The quantitative estimate of drug-likeness (QED) is 0.746. The molecule has 0 aliphatic heterocycles. The molecule has 0 atom stereocenters. The molecule has 0 bridgehead atoms. The summed E-state index contributed by atoms with van der Waals surface area (Å²) in [7, 11) is 0. The van der Waals surface area contributed by atoms with Crippen molar-refractivity contribution in [3.63, 3.8) is 0 Å². The van der Waals surface area contributed by atoms with Gasteiger partial charge in [0, 0.05) is 5.56 Å². The Kier molecular flexibility index (Phi) is 3.43. The lowest BCUT2D eigenvalue weighted by atomic mass is 10.0. The second-order valence-corrected chi connectivity index (χ2v) is 4.32. The summed E-state index contributed by atoms with van der Waals surface area (Å²) in [5, 5.41) is 0.183. The van der Waals surface area contributed by atoms with Gasteiger partial charge in [-0.25, -0.2) is 8.78 Å². The number of ketones is 1. The molecule has 4 heteroatoms. The zero-order valence-corrected chi connectivity index (χ0v) is 10.3. The van der Waals surface area contributed by atoms with Crippen LogP contribution in [0.4, 0.5) is 8.78 Å². The molecule has 92 valence electrons. The van der Waals surface area contributed by atoms with E-state index in [0.717, 1.165) is 17.7 Å². The Hall–Kier alpha value is -1.74. The number of hydrogen-bond acceptors (Lipinski definition) is 1. The molecule has 0 saturated heterocycles. The Morgan fingerprint density at radius 1 is 1.11 bits per heavy atom. The Balaban J connectivity index is 2.55. The predicted octanol–water partition coefficient (Wildman–Crippen LogP) is 4.16. The van der Waals surface area contributed by atoms with E-state index in [-0.39, 0.29) is 10.6 Å². The zero-order chi connectivity index (χ0) is 13.3. The van der Waals surface area contributed by atoms with Gasteiger partial charge in [-0.2, -0.15) is 0 Å². The second-order valence-electron chi connectivity index (χ2n) is 3.91. The first-order valence-electron chi connectivity index (χ1n) is 5.25. The molecule has 0 aliphatic carbocycles. The minimum Gasteiger partial charge on any atom is -0.288 e. The molecular formula is C14H9ClF2O. The number of aryl methyl sites for hydroxylation is 1. The van der Waals surface area contributed by atoms with Crippen molar-refractivity contribution >= 4 is 17.4 Å². The molecule has 0 saturated carbocycles. The molecule has 0 fully saturated rings. The lowest BCUT2D eigenvalue weighted by Gasteiger charge is -2.06. The standard InChI is InChI=1S/C14H9ClF2O/c1-8-5-6-9(10(15)7-8)14(18)13-11(16)3-2-4-12(13)17/h2-7H,1H3. The van der Waals surface area contributed by atoms with Crippen molar-refractivity contribution in [3.05, 3.63) is 69.7 Å². The van der Waals surface area contributed by atoms with Crippen LogP contribution < -0.4 is 0 Å². The Bertz CT molecular complexity index is 603. The molecule has 0 heterocycles. The van der Waals surface area contributed by atoms with E-state index in [0.29, 0.717) is 0 Å². The molecule has 1 nitrogen and oxygen atoms in total. The van der Waals surface area contributed by atoms with Gasteiger partial charge >= 0.3 is 0 Å². The van der Waals surface area contributed by atoms with Gasteiger partial charge in [-0.1, -0.05) is 23.7 Å². The van der Waals surface area contributed by atoms with Crippen LogP contribution in [0.5, 0.6) is 0 Å². The van der Waals surface area contributed by atoms with Gasteiger partial charge < -0.3 is 0 Å². The summed E-state index contributed by atoms with van der Waals surface area (Å²) in [6.07, 6.45) is 0. The molecular weight excluding hydrogens is 258 g/mol. The summed E-state index contributed by atoms with van der Waals surface area (Å²) in [6.45, 7) is 1.81. The van der Waals surface area contributed by atoms with Gasteiger partial charge in [0.25, 0.3) is 0 Å². The van der Waals surface area contributed by atoms with Crippen molar-refractivity contribution in [1.29, 1.82) is 0 Å². The van der Waals surface area contributed by atoms with Crippen molar-refractivity contribution in [2.24, 2.45) is 0 Å². The smallest absolute Gasteiger partial charge is 0.200 e. The largest absolute Gasteiger partial charge is 0.288 e. The van der Waals surface area contributed by atoms with Crippen LogP contribution in [0.15, 0.2) is 36.4 Å². The van der Waals surface area contributed by atoms with Crippen LogP contribution >= 0.6 is 11.6 Å². The number of rotatable bonds is 2. The highest BCUT2D eigenvalue weighted by molar-refractivity contribution is 6.35. The van der Waals surface area contributed by atoms with Gasteiger partial charge in [-0.05, 0) is 36.8 Å². The van der Waals surface area contributed by atoms with Crippen molar-refractivity contribution < 1.29 is 13.6 Å². The molecule has 18 heavy (non-hydrogen) atoms. The Morgan fingerprint density at radius 3 is 2.28 bits per heavy atom. The molecule has 0 aromatic heterocycles. The lowest BCUT2D eigenvalue weighted by molar-refractivity contribution is 0.103. The fraction of sp³-hybridized carbons (Fsp3) is 0.0714. The molecule has 0 amide bonds. The number of hydrogen-bond donors (Lipinski definition) is 0. The molecule has 2 aromatic carbocycles. The summed E-state index contributed by atoms with van der Waals surface area (Å²) >= 11 is 5.91. The number of carbonyl (C=O) groups is 1. The van der Waals surface area contributed by atoms with E-state index < -0.39 is 23.0 Å². The Morgan fingerprint density at radius 2 is 1.72 bits per heavy atom. The zero-order valence-electron chi connectivity index (χ0n) is 9.51. The highest BCUT2D eigenvalue weighted by Gasteiger charge is 2.20. The van der Waals surface area contributed by atoms with Crippen molar-refractivity contribution in [1.82, 2.24) is 0 Å². The maximum Gasteiger partial charge on any atom is 0.200 e. The van der Waals surface area contributed by atoms with E-state index in [2.05, 4.69) is 0 Å². The van der Waals surface area contributed by atoms with Crippen molar-refractivity contribution in [3.8, 4) is 0 Å². The third-order valence-electron chi connectivity index (χ3n) is 2.56. The lowest BCUT2D eigenvalue weighted by Crippen LogP contribution is -2.08. The summed E-state index contributed by atoms with van der Waals surface area (Å²) in [5.41, 5.74) is 0.375. The molecule has 0 unspecified atom stereocenters. The first kappa shape index (κ1) is 12.7. The van der Waals surface area contributed by atoms with Gasteiger partial charge in [0.2, 0.25) is 0 Å². The van der Waals surface area contributed by atoms with Crippen molar-refractivity contribution in [2.75, 3.05) is 0 Å². The van der Waals surface area contributed by atoms with E-state index in [1.807, 2.05) is 6.92 Å². The van der Waals surface area contributed by atoms with E-state index in [4.69, 9.17) is 11.6 Å². The van der Waals surface area contributed by atoms with Gasteiger partial charge in [0.15, 0.2) is 5.78 Å². The monoisotopic (exact) mass is 266 g/mol. The first-order valence-corrected chi connectivity index (χ1v) is 5.63. The third kappa shape index (κ3) is 2.27. The summed E-state index contributed by atoms with van der Waals surface area (Å²) in [5.74, 6) is -2.54. The van der Waals surface area contributed by atoms with Crippen LogP contribution in [0.2, 0.25) is 5.02 Å². The fourth-order valence-corrected chi connectivity index (χ4v) is 1.97. The average molecular weight is 267 g/mol. The number of benzene rings is 2. The fourth-order valence-electron chi connectivity index (χ4n) is 1.65. The molecule has 0 spiro atoms. The minimum atomic E-state index is -0.892. The third-order valence-corrected chi connectivity index (χ3v) is 2.87. The molecule has 0 aliphatic rings. The molecule has 2 aromatic rings. The summed E-state index contributed by atoms with van der Waals surface area (Å²) in [6, 6.07) is 7.99. The first-order chi connectivity index (χ1) is 8.50. The average Bonchev–Trinajstić information content (AvgIpc) is 2.28. The van der Waals surface area contributed by atoms with Gasteiger partial charge in [-0.3, -0.25) is 4.79 Å². The Labute approximate surface area is 108 Å². The SMILES string of the molecule is Cc1ccc(C(=O)c2c(F)cccc2F)c(Cl)c1. The highest BCUT2D eigenvalue weighted by Crippen LogP contribution is 2.23. The van der Waals surface area contributed by atoms with Crippen molar-refractivity contribution in [2.45, 2.75) is 6.92 Å². The van der Waals surface area contributed by atoms with Gasteiger partial charge in [-0.15, -0.1) is 0 Å². The van der Waals surface area contributed by atoms with Crippen LogP contribution in [0.1, 0.15) is 21.5 Å². The second kappa shape index (κ2) is 4.86. The van der Waals surface area contributed by atoms with E-state index in [1.54, 1.807) is 12.1 Å². The van der Waals surface area contributed by atoms with Crippen LogP contribution in [0.25, 0.3) is 0 Å². The summed E-state index contributed by atoms with van der Waals surface area (Å²) in [4.78, 5) is 12.1. The normalized spacial score (nSPS) is 10.4. The van der Waals surface area contributed by atoms with Crippen LogP contribution in [-0.2, 0) is 0 Å². The van der Waals surface area contributed by atoms with Crippen LogP contribution in [0, 0.1) is 18.6 Å². The van der Waals surface area contributed by atoms with E-state index in [9.17, 15) is 13.6 Å². The topological polar surface area (TPSA) is 17.1 Å².